The van der Waals surface area contributed by atoms with Crippen LogP contribution in [0.4, 0.5) is 0 Å². The minimum atomic E-state index is 0.164. The second-order valence-corrected chi connectivity index (χ2v) is 4.48. The largest absolute Gasteiger partial charge is 0.322 e. The van der Waals surface area contributed by atoms with Crippen LogP contribution in [0.15, 0.2) is 43.0 Å². The van der Waals surface area contributed by atoms with Crippen molar-refractivity contribution >= 4 is 17.7 Å². The van der Waals surface area contributed by atoms with Crippen LogP contribution in [0.1, 0.15) is 10.9 Å². The SMILES string of the molecule is C=CCN1C(=O)CS[C@@H]1c1ccccc1. The molecule has 0 N–H and O–H groups in total. The van der Waals surface area contributed by atoms with Crippen molar-refractivity contribution in [3.8, 4) is 0 Å². The maximum absolute atomic E-state index is 11.6. The molecule has 0 aliphatic carbocycles. The lowest BCUT2D eigenvalue weighted by molar-refractivity contribution is -0.127. The molecule has 0 unspecified atom stereocenters. The van der Waals surface area contributed by atoms with E-state index in [-0.39, 0.29) is 11.3 Å². The second kappa shape index (κ2) is 4.53. The van der Waals surface area contributed by atoms with Gasteiger partial charge >= 0.3 is 0 Å². The molecule has 3 heteroatoms. The third kappa shape index (κ3) is 2.07. The summed E-state index contributed by atoms with van der Waals surface area (Å²) in [5.74, 6) is 0.779. The molecule has 0 saturated carbocycles. The van der Waals surface area contributed by atoms with Crippen LogP contribution in [0.2, 0.25) is 0 Å². The van der Waals surface area contributed by atoms with Gasteiger partial charge in [0.25, 0.3) is 0 Å². The fraction of sp³-hybridized carbons (Fsp3) is 0.250. The van der Waals surface area contributed by atoms with Gasteiger partial charge in [0.1, 0.15) is 5.37 Å². The lowest BCUT2D eigenvalue weighted by atomic mass is 10.2. The van der Waals surface area contributed by atoms with Gasteiger partial charge < -0.3 is 4.90 Å². The van der Waals surface area contributed by atoms with Gasteiger partial charge in [0, 0.05) is 6.54 Å². The van der Waals surface area contributed by atoms with Crippen molar-refractivity contribution in [2.24, 2.45) is 0 Å². The molecule has 2 rings (SSSR count). The van der Waals surface area contributed by atoms with Gasteiger partial charge in [0.15, 0.2) is 0 Å². The molecule has 0 radical (unpaired) electrons. The molecule has 1 atom stereocenters. The van der Waals surface area contributed by atoms with Crippen molar-refractivity contribution in [1.82, 2.24) is 4.90 Å². The first kappa shape index (κ1) is 10.3. The number of amides is 1. The summed E-state index contributed by atoms with van der Waals surface area (Å²) in [6.07, 6.45) is 1.78. The van der Waals surface area contributed by atoms with Crippen LogP contribution in [0.25, 0.3) is 0 Å². The van der Waals surface area contributed by atoms with Gasteiger partial charge in [-0.25, -0.2) is 0 Å². The molecular weight excluding hydrogens is 206 g/mol. The van der Waals surface area contributed by atoms with Crippen LogP contribution in [-0.2, 0) is 4.79 Å². The molecule has 2 nitrogen and oxygen atoms in total. The number of rotatable bonds is 3. The van der Waals surface area contributed by atoms with Crippen LogP contribution in [-0.4, -0.2) is 23.1 Å². The van der Waals surface area contributed by atoms with Gasteiger partial charge in [-0.05, 0) is 5.56 Å². The number of hydrogen-bond donors (Lipinski definition) is 0. The third-order valence-corrected chi connectivity index (χ3v) is 3.63. The lowest BCUT2D eigenvalue weighted by Crippen LogP contribution is -2.28. The summed E-state index contributed by atoms with van der Waals surface area (Å²) in [7, 11) is 0. The molecular formula is C12H13NOS. The Hall–Kier alpha value is -1.22. The quantitative estimate of drug-likeness (QED) is 0.728. The summed E-state index contributed by atoms with van der Waals surface area (Å²) in [5.41, 5.74) is 1.19. The zero-order valence-electron chi connectivity index (χ0n) is 8.43. The van der Waals surface area contributed by atoms with Crippen LogP contribution in [0.5, 0.6) is 0 Å². The van der Waals surface area contributed by atoms with E-state index in [9.17, 15) is 4.79 Å². The normalized spacial score (nSPS) is 20.7. The van der Waals surface area contributed by atoms with Gasteiger partial charge in [-0.2, -0.15) is 0 Å². The van der Waals surface area contributed by atoms with Crippen molar-refractivity contribution in [2.45, 2.75) is 5.37 Å². The van der Waals surface area contributed by atoms with Crippen LogP contribution in [0.3, 0.4) is 0 Å². The molecule has 15 heavy (non-hydrogen) atoms. The predicted molar refractivity (Wildman–Crippen MR) is 63.6 cm³/mol. The minimum absolute atomic E-state index is 0.164. The predicted octanol–water partition coefficient (Wildman–Crippen LogP) is 2.45. The molecule has 1 fully saturated rings. The van der Waals surface area contributed by atoms with E-state index in [0.717, 1.165) is 0 Å². The second-order valence-electron chi connectivity index (χ2n) is 3.41. The average molecular weight is 219 g/mol. The van der Waals surface area contributed by atoms with E-state index >= 15 is 0 Å². The van der Waals surface area contributed by atoms with E-state index in [1.165, 1.54) is 5.56 Å². The molecule has 78 valence electrons. The van der Waals surface area contributed by atoms with E-state index in [1.807, 2.05) is 23.1 Å². The number of carbonyl (C=O) groups excluding carboxylic acids is 1. The molecule has 1 heterocycles. The van der Waals surface area contributed by atoms with Crippen molar-refractivity contribution in [3.63, 3.8) is 0 Å². The molecule has 1 aromatic carbocycles. The van der Waals surface area contributed by atoms with Crippen molar-refractivity contribution < 1.29 is 4.79 Å². The number of carbonyl (C=O) groups is 1. The first-order valence-corrected chi connectivity index (χ1v) is 5.94. The Morgan fingerprint density at radius 1 is 1.47 bits per heavy atom. The Morgan fingerprint density at radius 2 is 2.20 bits per heavy atom. The van der Waals surface area contributed by atoms with Gasteiger partial charge in [0.05, 0.1) is 5.75 Å². The fourth-order valence-corrected chi connectivity index (χ4v) is 2.88. The summed E-state index contributed by atoms with van der Waals surface area (Å²) >= 11 is 1.68. The summed E-state index contributed by atoms with van der Waals surface area (Å²) in [6.45, 7) is 4.31. The first-order chi connectivity index (χ1) is 7.33. The standard InChI is InChI=1S/C12H13NOS/c1-2-8-13-11(14)9-15-12(13)10-6-4-3-5-7-10/h2-7,12H,1,8-9H2/t12-/m1/s1. The Kier molecular flexibility index (Phi) is 3.11. The third-order valence-electron chi connectivity index (χ3n) is 2.38. The number of thioether (sulfide) groups is 1. The monoisotopic (exact) mass is 219 g/mol. The average Bonchev–Trinajstić information content (AvgIpc) is 2.63. The summed E-state index contributed by atoms with van der Waals surface area (Å²) in [6, 6.07) is 10.1. The highest BCUT2D eigenvalue weighted by Gasteiger charge is 2.31. The maximum atomic E-state index is 11.6. The first-order valence-electron chi connectivity index (χ1n) is 4.90. The van der Waals surface area contributed by atoms with E-state index in [4.69, 9.17) is 0 Å². The highest BCUT2D eigenvalue weighted by atomic mass is 32.2. The van der Waals surface area contributed by atoms with Gasteiger partial charge in [-0.1, -0.05) is 36.4 Å². The molecule has 0 bridgehead atoms. The van der Waals surface area contributed by atoms with Crippen molar-refractivity contribution in [3.05, 3.63) is 48.6 Å². The van der Waals surface area contributed by atoms with Gasteiger partial charge in [-0.15, -0.1) is 18.3 Å². The highest BCUT2D eigenvalue weighted by molar-refractivity contribution is 8.00. The molecule has 0 spiro atoms. The highest BCUT2D eigenvalue weighted by Crippen LogP contribution is 2.37. The van der Waals surface area contributed by atoms with Crippen LogP contribution < -0.4 is 0 Å². The smallest absolute Gasteiger partial charge is 0.234 e. The maximum Gasteiger partial charge on any atom is 0.234 e. The Bertz CT molecular complexity index is 363. The molecule has 1 aliphatic rings. The molecule has 1 aromatic rings. The van der Waals surface area contributed by atoms with Crippen LogP contribution in [0, 0.1) is 0 Å². The fourth-order valence-electron chi connectivity index (χ4n) is 1.68. The Morgan fingerprint density at radius 3 is 2.87 bits per heavy atom. The van der Waals surface area contributed by atoms with E-state index in [1.54, 1.807) is 17.8 Å². The van der Waals surface area contributed by atoms with E-state index in [0.29, 0.717) is 12.3 Å². The van der Waals surface area contributed by atoms with Gasteiger partial charge in [-0.3, -0.25) is 4.79 Å². The number of hydrogen-bond acceptors (Lipinski definition) is 2. The molecule has 0 aromatic heterocycles. The zero-order valence-corrected chi connectivity index (χ0v) is 9.24. The Labute approximate surface area is 94.0 Å². The van der Waals surface area contributed by atoms with Gasteiger partial charge in [0.2, 0.25) is 5.91 Å². The lowest BCUT2D eigenvalue weighted by Gasteiger charge is -2.22. The van der Waals surface area contributed by atoms with E-state index < -0.39 is 0 Å². The van der Waals surface area contributed by atoms with Crippen LogP contribution >= 0.6 is 11.8 Å². The van der Waals surface area contributed by atoms with Crippen molar-refractivity contribution in [2.75, 3.05) is 12.3 Å². The number of nitrogens with zero attached hydrogens (tertiary/aromatic N) is 1. The zero-order chi connectivity index (χ0) is 10.7. The topological polar surface area (TPSA) is 20.3 Å². The number of benzene rings is 1. The summed E-state index contributed by atoms with van der Waals surface area (Å²) < 4.78 is 0. The minimum Gasteiger partial charge on any atom is -0.322 e. The van der Waals surface area contributed by atoms with E-state index in [2.05, 4.69) is 18.7 Å². The molecule has 1 amide bonds. The summed E-state index contributed by atoms with van der Waals surface area (Å²) in [5, 5.41) is 0.164. The molecule has 1 aliphatic heterocycles. The van der Waals surface area contributed by atoms with Crippen molar-refractivity contribution in [1.29, 1.82) is 0 Å². The molecule has 1 saturated heterocycles. The Balaban J connectivity index is 2.22. The summed E-state index contributed by atoms with van der Waals surface area (Å²) in [4.78, 5) is 13.5.